The molecular formula is C13H22N2O2. The summed E-state index contributed by atoms with van der Waals surface area (Å²) in [6.45, 7) is 4.83. The molecule has 0 unspecified atom stereocenters. The van der Waals surface area contributed by atoms with Crippen LogP contribution in [0.15, 0.2) is 4.52 Å². The standard InChI is InChI=1S/C13H22N2O2/c1-9-13(10(2)17-15-9)8-14-11-4-6-12(16-3)7-5-11/h11-12,14H,4-8H2,1-3H3. The van der Waals surface area contributed by atoms with Gasteiger partial charge in [0.25, 0.3) is 0 Å². The van der Waals surface area contributed by atoms with Crippen molar-refractivity contribution in [2.45, 2.75) is 58.2 Å². The van der Waals surface area contributed by atoms with Crippen LogP contribution in [0, 0.1) is 13.8 Å². The highest BCUT2D eigenvalue weighted by molar-refractivity contribution is 5.20. The molecule has 1 saturated carbocycles. The third-order valence-corrected chi connectivity index (χ3v) is 3.76. The molecule has 4 nitrogen and oxygen atoms in total. The zero-order valence-electron chi connectivity index (χ0n) is 11.0. The summed E-state index contributed by atoms with van der Waals surface area (Å²) in [6.07, 6.45) is 5.18. The number of hydrogen-bond acceptors (Lipinski definition) is 4. The van der Waals surface area contributed by atoms with Crippen molar-refractivity contribution in [1.82, 2.24) is 10.5 Å². The minimum Gasteiger partial charge on any atom is -0.381 e. The van der Waals surface area contributed by atoms with E-state index in [0.29, 0.717) is 12.1 Å². The molecule has 1 aromatic rings. The Morgan fingerprint density at radius 1 is 1.29 bits per heavy atom. The molecule has 1 aliphatic carbocycles. The van der Waals surface area contributed by atoms with E-state index in [2.05, 4.69) is 10.5 Å². The van der Waals surface area contributed by atoms with Crippen molar-refractivity contribution >= 4 is 0 Å². The number of aryl methyl sites for hydroxylation is 2. The van der Waals surface area contributed by atoms with E-state index in [1.807, 2.05) is 21.0 Å². The lowest BCUT2D eigenvalue weighted by Crippen LogP contribution is -2.34. The van der Waals surface area contributed by atoms with Gasteiger partial charge in [-0.2, -0.15) is 0 Å². The summed E-state index contributed by atoms with van der Waals surface area (Å²) in [5.74, 6) is 0.931. The minimum atomic E-state index is 0.465. The molecule has 2 rings (SSSR count). The summed E-state index contributed by atoms with van der Waals surface area (Å²) < 4.78 is 10.5. The second-order valence-corrected chi connectivity index (χ2v) is 4.89. The molecule has 1 aliphatic rings. The molecule has 1 N–H and O–H groups in total. The SMILES string of the molecule is COC1CCC(NCc2c(C)noc2C)CC1. The van der Waals surface area contributed by atoms with Crippen molar-refractivity contribution in [1.29, 1.82) is 0 Å². The van der Waals surface area contributed by atoms with Crippen LogP contribution in [0.2, 0.25) is 0 Å². The van der Waals surface area contributed by atoms with E-state index >= 15 is 0 Å². The van der Waals surface area contributed by atoms with Gasteiger partial charge in [-0.25, -0.2) is 0 Å². The van der Waals surface area contributed by atoms with Gasteiger partial charge < -0.3 is 14.6 Å². The molecule has 0 radical (unpaired) electrons. The Labute approximate surface area is 103 Å². The van der Waals surface area contributed by atoms with Gasteiger partial charge in [-0.3, -0.25) is 0 Å². The maximum absolute atomic E-state index is 5.38. The maximum atomic E-state index is 5.38. The molecule has 1 heterocycles. The van der Waals surface area contributed by atoms with Crippen molar-refractivity contribution in [2.75, 3.05) is 7.11 Å². The lowest BCUT2D eigenvalue weighted by molar-refractivity contribution is 0.0623. The van der Waals surface area contributed by atoms with E-state index in [1.165, 1.54) is 18.4 Å². The van der Waals surface area contributed by atoms with E-state index in [4.69, 9.17) is 9.26 Å². The highest BCUT2D eigenvalue weighted by atomic mass is 16.5. The van der Waals surface area contributed by atoms with Crippen LogP contribution in [-0.4, -0.2) is 24.4 Å². The number of rotatable bonds is 4. The highest BCUT2D eigenvalue weighted by Gasteiger charge is 2.21. The van der Waals surface area contributed by atoms with Gasteiger partial charge in [0.05, 0.1) is 11.8 Å². The smallest absolute Gasteiger partial charge is 0.138 e. The van der Waals surface area contributed by atoms with Gasteiger partial charge in [0.1, 0.15) is 5.76 Å². The Bertz CT molecular complexity index is 335. The van der Waals surface area contributed by atoms with Crippen molar-refractivity contribution in [3.05, 3.63) is 17.0 Å². The summed E-state index contributed by atoms with van der Waals surface area (Å²) in [6, 6.07) is 0.607. The predicted octanol–water partition coefficient (Wildman–Crippen LogP) is 2.34. The molecular weight excluding hydrogens is 216 g/mol. The predicted molar refractivity (Wildman–Crippen MR) is 65.9 cm³/mol. The Balaban J connectivity index is 1.80. The number of hydrogen-bond donors (Lipinski definition) is 1. The first-order chi connectivity index (χ1) is 8.20. The van der Waals surface area contributed by atoms with E-state index in [-0.39, 0.29) is 0 Å². The topological polar surface area (TPSA) is 47.3 Å². The lowest BCUT2D eigenvalue weighted by Gasteiger charge is -2.28. The molecule has 17 heavy (non-hydrogen) atoms. The van der Waals surface area contributed by atoms with Crippen molar-refractivity contribution in [2.24, 2.45) is 0 Å². The number of methoxy groups -OCH3 is 1. The summed E-state index contributed by atoms with van der Waals surface area (Å²) in [4.78, 5) is 0. The number of nitrogens with zero attached hydrogens (tertiary/aromatic N) is 1. The molecule has 0 amide bonds. The van der Waals surface area contributed by atoms with Crippen LogP contribution < -0.4 is 5.32 Å². The third kappa shape index (κ3) is 3.07. The van der Waals surface area contributed by atoms with Gasteiger partial charge in [-0.05, 0) is 39.5 Å². The largest absolute Gasteiger partial charge is 0.381 e. The molecule has 4 heteroatoms. The first-order valence-electron chi connectivity index (χ1n) is 6.38. The second-order valence-electron chi connectivity index (χ2n) is 4.89. The van der Waals surface area contributed by atoms with Gasteiger partial charge in [0.2, 0.25) is 0 Å². The average Bonchev–Trinajstić information content (AvgIpc) is 2.67. The number of aromatic nitrogens is 1. The van der Waals surface area contributed by atoms with Crippen LogP contribution in [0.25, 0.3) is 0 Å². The fourth-order valence-corrected chi connectivity index (χ4v) is 2.50. The first kappa shape index (κ1) is 12.6. The van der Waals surface area contributed by atoms with Gasteiger partial charge in [-0.15, -0.1) is 0 Å². The zero-order chi connectivity index (χ0) is 12.3. The van der Waals surface area contributed by atoms with Crippen LogP contribution in [0.3, 0.4) is 0 Å². The molecule has 1 fully saturated rings. The van der Waals surface area contributed by atoms with Crippen molar-refractivity contribution < 1.29 is 9.26 Å². The normalized spacial score (nSPS) is 25.1. The quantitative estimate of drug-likeness (QED) is 0.874. The monoisotopic (exact) mass is 238 g/mol. The summed E-state index contributed by atoms with van der Waals surface area (Å²) in [7, 11) is 1.81. The van der Waals surface area contributed by atoms with Crippen LogP contribution in [0.1, 0.15) is 42.7 Å². The molecule has 0 spiro atoms. The van der Waals surface area contributed by atoms with Crippen LogP contribution in [-0.2, 0) is 11.3 Å². The Morgan fingerprint density at radius 2 is 2.00 bits per heavy atom. The van der Waals surface area contributed by atoms with Crippen LogP contribution in [0.4, 0.5) is 0 Å². The number of ether oxygens (including phenoxy) is 1. The van der Waals surface area contributed by atoms with Gasteiger partial charge in [0.15, 0.2) is 0 Å². The Hall–Kier alpha value is -0.870. The van der Waals surface area contributed by atoms with E-state index in [1.54, 1.807) is 0 Å². The van der Waals surface area contributed by atoms with E-state index in [9.17, 15) is 0 Å². The van der Waals surface area contributed by atoms with E-state index < -0.39 is 0 Å². The van der Waals surface area contributed by atoms with Gasteiger partial charge in [0, 0.05) is 25.3 Å². The molecule has 0 aliphatic heterocycles. The minimum absolute atomic E-state index is 0.465. The Kier molecular flexibility index (Phi) is 4.18. The Morgan fingerprint density at radius 3 is 2.53 bits per heavy atom. The highest BCUT2D eigenvalue weighted by Crippen LogP contribution is 2.21. The lowest BCUT2D eigenvalue weighted by atomic mass is 9.93. The molecule has 0 saturated heterocycles. The van der Waals surface area contributed by atoms with E-state index in [0.717, 1.165) is 30.8 Å². The molecule has 0 bridgehead atoms. The fourth-order valence-electron chi connectivity index (χ4n) is 2.50. The van der Waals surface area contributed by atoms with Crippen LogP contribution in [0.5, 0.6) is 0 Å². The van der Waals surface area contributed by atoms with Gasteiger partial charge in [-0.1, -0.05) is 5.16 Å². The zero-order valence-corrected chi connectivity index (χ0v) is 11.0. The van der Waals surface area contributed by atoms with Gasteiger partial charge >= 0.3 is 0 Å². The average molecular weight is 238 g/mol. The van der Waals surface area contributed by atoms with Crippen molar-refractivity contribution in [3.63, 3.8) is 0 Å². The summed E-state index contributed by atoms with van der Waals surface area (Å²) >= 11 is 0. The fraction of sp³-hybridized carbons (Fsp3) is 0.769. The summed E-state index contributed by atoms with van der Waals surface area (Å²) in [5.41, 5.74) is 2.21. The summed E-state index contributed by atoms with van der Waals surface area (Å²) in [5, 5.41) is 7.56. The number of nitrogens with one attached hydrogen (secondary N) is 1. The molecule has 96 valence electrons. The maximum Gasteiger partial charge on any atom is 0.138 e. The molecule has 0 aromatic carbocycles. The first-order valence-corrected chi connectivity index (χ1v) is 6.38. The van der Waals surface area contributed by atoms with Crippen LogP contribution >= 0.6 is 0 Å². The van der Waals surface area contributed by atoms with Crippen molar-refractivity contribution in [3.8, 4) is 0 Å². The third-order valence-electron chi connectivity index (χ3n) is 3.76. The molecule has 0 atom stereocenters. The molecule has 1 aromatic heterocycles. The second kappa shape index (κ2) is 5.65.